The molecule has 0 unspecified atom stereocenters. The van der Waals surface area contributed by atoms with E-state index >= 15 is 0 Å². The van der Waals surface area contributed by atoms with Crippen LogP contribution in [0.25, 0.3) is 0 Å². The predicted octanol–water partition coefficient (Wildman–Crippen LogP) is 3.03. The highest BCUT2D eigenvalue weighted by Crippen LogP contribution is 2.35. The number of hydrogen-bond donors (Lipinski definition) is 1. The van der Waals surface area contributed by atoms with Gasteiger partial charge in [0.25, 0.3) is 0 Å². The van der Waals surface area contributed by atoms with E-state index in [2.05, 4.69) is 13.0 Å². The number of nitrogens with two attached hydrogens (primary N) is 1. The van der Waals surface area contributed by atoms with Crippen LogP contribution in [-0.4, -0.2) is 0 Å². The van der Waals surface area contributed by atoms with E-state index in [1.54, 1.807) is 0 Å². The van der Waals surface area contributed by atoms with Crippen LogP contribution in [-0.2, 0) is 6.54 Å². The van der Waals surface area contributed by atoms with Crippen LogP contribution in [0.5, 0.6) is 0 Å². The second-order valence-corrected chi connectivity index (χ2v) is 4.46. The van der Waals surface area contributed by atoms with Crippen molar-refractivity contribution >= 4 is 0 Å². The summed E-state index contributed by atoms with van der Waals surface area (Å²) in [6.45, 7) is 2.85. The molecule has 2 rings (SSSR count). The molecule has 1 aromatic heterocycles. The third-order valence-electron chi connectivity index (χ3n) is 3.30. The molecular formula is C12H19NO. The molecule has 2 nitrogen and oxygen atoms in total. The van der Waals surface area contributed by atoms with Gasteiger partial charge in [0.05, 0.1) is 6.54 Å². The average molecular weight is 193 g/mol. The van der Waals surface area contributed by atoms with E-state index in [-0.39, 0.29) is 0 Å². The van der Waals surface area contributed by atoms with E-state index in [0.29, 0.717) is 12.5 Å². The highest BCUT2D eigenvalue weighted by molar-refractivity contribution is 5.11. The molecule has 0 aliphatic heterocycles. The van der Waals surface area contributed by atoms with Crippen LogP contribution in [0.3, 0.4) is 0 Å². The van der Waals surface area contributed by atoms with Crippen LogP contribution < -0.4 is 5.73 Å². The Balaban J connectivity index is 2.01. The summed E-state index contributed by atoms with van der Waals surface area (Å²) in [7, 11) is 0. The normalized spacial score (nSPS) is 27.9. The van der Waals surface area contributed by atoms with Crippen LogP contribution in [0.1, 0.15) is 50.0 Å². The molecule has 1 aliphatic rings. The zero-order chi connectivity index (χ0) is 9.97. The molecule has 0 radical (unpaired) electrons. The van der Waals surface area contributed by atoms with Gasteiger partial charge in [-0.3, -0.25) is 0 Å². The fraction of sp³-hybridized carbons (Fsp3) is 0.667. The SMILES string of the molecule is CC1CCC(c2ccc(CN)o2)CC1. The first-order chi connectivity index (χ1) is 6.79. The molecule has 0 atom stereocenters. The fourth-order valence-electron chi connectivity index (χ4n) is 2.27. The van der Waals surface area contributed by atoms with Gasteiger partial charge in [-0.1, -0.05) is 19.8 Å². The molecule has 1 saturated carbocycles. The van der Waals surface area contributed by atoms with Crippen molar-refractivity contribution in [3.63, 3.8) is 0 Å². The third-order valence-corrected chi connectivity index (χ3v) is 3.30. The molecular weight excluding hydrogens is 174 g/mol. The van der Waals surface area contributed by atoms with Gasteiger partial charge in [0.15, 0.2) is 0 Å². The molecule has 2 N–H and O–H groups in total. The Labute approximate surface area is 85.5 Å². The molecule has 1 fully saturated rings. The van der Waals surface area contributed by atoms with Gasteiger partial charge >= 0.3 is 0 Å². The summed E-state index contributed by atoms with van der Waals surface area (Å²) in [5.74, 6) is 3.61. The predicted molar refractivity (Wildman–Crippen MR) is 57.0 cm³/mol. The van der Waals surface area contributed by atoms with E-state index in [0.717, 1.165) is 17.4 Å². The van der Waals surface area contributed by atoms with Gasteiger partial charge in [0.2, 0.25) is 0 Å². The van der Waals surface area contributed by atoms with Crippen molar-refractivity contribution in [3.8, 4) is 0 Å². The lowest BCUT2D eigenvalue weighted by Crippen LogP contribution is -2.10. The van der Waals surface area contributed by atoms with Gasteiger partial charge in [0.1, 0.15) is 11.5 Å². The van der Waals surface area contributed by atoms with Gasteiger partial charge < -0.3 is 10.2 Å². The summed E-state index contributed by atoms with van der Waals surface area (Å²) in [5.41, 5.74) is 5.52. The summed E-state index contributed by atoms with van der Waals surface area (Å²) in [6.07, 6.45) is 5.23. The van der Waals surface area contributed by atoms with Crippen LogP contribution in [0, 0.1) is 5.92 Å². The zero-order valence-corrected chi connectivity index (χ0v) is 8.83. The van der Waals surface area contributed by atoms with Crippen molar-refractivity contribution in [2.45, 2.75) is 45.1 Å². The lowest BCUT2D eigenvalue weighted by Gasteiger charge is -2.24. The van der Waals surface area contributed by atoms with Crippen molar-refractivity contribution in [3.05, 3.63) is 23.7 Å². The van der Waals surface area contributed by atoms with Crippen LogP contribution in [0.4, 0.5) is 0 Å². The van der Waals surface area contributed by atoms with Gasteiger partial charge in [-0.2, -0.15) is 0 Å². The molecule has 0 bridgehead atoms. The Morgan fingerprint density at radius 2 is 2.00 bits per heavy atom. The first kappa shape index (κ1) is 9.78. The zero-order valence-electron chi connectivity index (χ0n) is 8.83. The van der Waals surface area contributed by atoms with Crippen LogP contribution >= 0.6 is 0 Å². The average Bonchev–Trinajstić information content (AvgIpc) is 2.67. The Kier molecular flexibility index (Phi) is 2.92. The molecule has 0 amide bonds. The van der Waals surface area contributed by atoms with E-state index < -0.39 is 0 Å². The van der Waals surface area contributed by atoms with Crippen molar-refractivity contribution in [2.24, 2.45) is 11.7 Å². The Morgan fingerprint density at radius 1 is 1.29 bits per heavy atom. The fourth-order valence-corrected chi connectivity index (χ4v) is 2.27. The summed E-state index contributed by atoms with van der Waals surface area (Å²) < 4.78 is 5.68. The van der Waals surface area contributed by atoms with Gasteiger partial charge in [-0.25, -0.2) is 0 Å². The lowest BCUT2D eigenvalue weighted by atomic mass is 9.82. The molecule has 0 spiro atoms. The lowest BCUT2D eigenvalue weighted by molar-refractivity contribution is 0.309. The quantitative estimate of drug-likeness (QED) is 0.784. The molecule has 14 heavy (non-hydrogen) atoms. The van der Waals surface area contributed by atoms with Crippen molar-refractivity contribution in [1.29, 1.82) is 0 Å². The maximum absolute atomic E-state index is 5.68. The number of hydrogen-bond acceptors (Lipinski definition) is 2. The van der Waals surface area contributed by atoms with Gasteiger partial charge in [-0.15, -0.1) is 0 Å². The Hall–Kier alpha value is -0.760. The number of furan rings is 1. The van der Waals surface area contributed by atoms with Gasteiger partial charge in [0, 0.05) is 5.92 Å². The second kappa shape index (κ2) is 4.18. The largest absolute Gasteiger partial charge is 0.464 e. The smallest absolute Gasteiger partial charge is 0.117 e. The summed E-state index contributed by atoms with van der Waals surface area (Å²) in [6, 6.07) is 4.11. The molecule has 1 heterocycles. The maximum atomic E-state index is 5.68. The second-order valence-electron chi connectivity index (χ2n) is 4.46. The molecule has 1 aliphatic carbocycles. The molecule has 2 heteroatoms. The van der Waals surface area contributed by atoms with Crippen molar-refractivity contribution in [2.75, 3.05) is 0 Å². The van der Waals surface area contributed by atoms with E-state index in [9.17, 15) is 0 Å². The van der Waals surface area contributed by atoms with E-state index in [1.165, 1.54) is 25.7 Å². The number of rotatable bonds is 2. The third kappa shape index (κ3) is 2.01. The topological polar surface area (TPSA) is 39.2 Å². The van der Waals surface area contributed by atoms with E-state index in [4.69, 9.17) is 10.2 Å². The highest BCUT2D eigenvalue weighted by Gasteiger charge is 2.21. The van der Waals surface area contributed by atoms with Crippen molar-refractivity contribution < 1.29 is 4.42 Å². The van der Waals surface area contributed by atoms with Gasteiger partial charge in [-0.05, 0) is 30.9 Å². The minimum absolute atomic E-state index is 0.517. The summed E-state index contributed by atoms with van der Waals surface area (Å²) >= 11 is 0. The molecule has 1 aromatic rings. The summed E-state index contributed by atoms with van der Waals surface area (Å²) in [5, 5.41) is 0. The molecule has 0 saturated heterocycles. The van der Waals surface area contributed by atoms with Crippen LogP contribution in [0.2, 0.25) is 0 Å². The highest BCUT2D eigenvalue weighted by atomic mass is 16.3. The molecule has 0 aromatic carbocycles. The first-order valence-corrected chi connectivity index (χ1v) is 5.58. The minimum atomic E-state index is 0.517. The van der Waals surface area contributed by atoms with Crippen molar-refractivity contribution in [1.82, 2.24) is 0 Å². The Morgan fingerprint density at radius 3 is 2.57 bits per heavy atom. The van der Waals surface area contributed by atoms with E-state index in [1.807, 2.05) is 6.07 Å². The maximum Gasteiger partial charge on any atom is 0.117 e. The molecule has 78 valence electrons. The van der Waals surface area contributed by atoms with Crippen LogP contribution in [0.15, 0.2) is 16.5 Å². The minimum Gasteiger partial charge on any atom is -0.464 e. The Bertz CT molecular complexity index is 284. The summed E-state index contributed by atoms with van der Waals surface area (Å²) in [4.78, 5) is 0. The first-order valence-electron chi connectivity index (χ1n) is 5.58. The monoisotopic (exact) mass is 193 g/mol. The standard InChI is InChI=1S/C12H19NO/c1-9-2-4-10(5-3-9)12-7-6-11(8-13)14-12/h6-7,9-10H,2-5,8,13H2,1H3.